The van der Waals surface area contributed by atoms with Gasteiger partial charge in [0.05, 0.1) is 12.2 Å². The van der Waals surface area contributed by atoms with Crippen LogP contribution in [0.5, 0.6) is 0 Å². The molecule has 28 heavy (non-hydrogen) atoms. The highest BCUT2D eigenvalue weighted by Crippen LogP contribution is 2.38. The van der Waals surface area contributed by atoms with Crippen LogP contribution < -0.4 is 0 Å². The van der Waals surface area contributed by atoms with E-state index in [0.29, 0.717) is 23.7 Å². The molecule has 0 atom stereocenters. The molecule has 1 aliphatic carbocycles. The van der Waals surface area contributed by atoms with Gasteiger partial charge in [-0.15, -0.1) is 0 Å². The summed E-state index contributed by atoms with van der Waals surface area (Å²) in [5.74, 6) is 0.817. The SMILES string of the molecule is CCCOC(=O)c1ccc(-c2ccc([C@H]3CC[C@H](CCC)CC3)cc2F)cc1. The van der Waals surface area contributed by atoms with Gasteiger partial charge in [-0.1, -0.05) is 51.0 Å². The molecule has 0 N–H and O–H groups in total. The lowest BCUT2D eigenvalue weighted by atomic mass is 9.77. The van der Waals surface area contributed by atoms with Crippen LogP contribution in [0.1, 0.15) is 80.6 Å². The molecule has 0 bridgehead atoms. The molecule has 0 heterocycles. The molecule has 3 rings (SSSR count). The van der Waals surface area contributed by atoms with Crippen molar-refractivity contribution in [1.82, 2.24) is 0 Å². The quantitative estimate of drug-likeness (QED) is 0.476. The third kappa shape index (κ3) is 5.01. The Morgan fingerprint density at radius 3 is 2.32 bits per heavy atom. The third-order valence-electron chi connectivity index (χ3n) is 5.88. The summed E-state index contributed by atoms with van der Waals surface area (Å²) in [5.41, 5.74) is 2.98. The van der Waals surface area contributed by atoms with Gasteiger partial charge in [0.1, 0.15) is 5.82 Å². The van der Waals surface area contributed by atoms with Gasteiger partial charge in [0.2, 0.25) is 0 Å². The molecular weight excluding hydrogens is 351 g/mol. The van der Waals surface area contributed by atoms with Crippen LogP contribution in [0.15, 0.2) is 42.5 Å². The van der Waals surface area contributed by atoms with Gasteiger partial charge in [0.15, 0.2) is 0 Å². The minimum Gasteiger partial charge on any atom is -0.462 e. The van der Waals surface area contributed by atoms with E-state index in [0.717, 1.165) is 36.3 Å². The van der Waals surface area contributed by atoms with Crippen LogP contribution in [0.4, 0.5) is 4.39 Å². The number of esters is 1. The lowest BCUT2D eigenvalue weighted by molar-refractivity contribution is 0.0505. The summed E-state index contributed by atoms with van der Waals surface area (Å²) in [6, 6.07) is 12.7. The monoisotopic (exact) mass is 382 g/mol. The van der Waals surface area contributed by atoms with E-state index in [4.69, 9.17) is 4.74 Å². The van der Waals surface area contributed by atoms with Gasteiger partial charge in [0.25, 0.3) is 0 Å². The van der Waals surface area contributed by atoms with E-state index in [1.165, 1.54) is 25.7 Å². The molecule has 1 fully saturated rings. The first-order valence-corrected chi connectivity index (χ1v) is 10.7. The molecular formula is C25H31FO2. The van der Waals surface area contributed by atoms with E-state index >= 15 is 0 Å². The van der Waals surface area contributed by atoms with Crippen LogP contribution in [0.3, 0.4) is 0 Å². The number of benzene rings is 2. The van der Waals surface area contributed by atoms with Crippen molar-refractivity contribution in [3.05, 3.63) is 59.4 Å². The number of hydrogen-bond donors (Lipinski definition) is 0. The molecule has 2 aromatic carbocycles. The standard InChI is InChI=1S/C25H31FO2/c1-3-5-18-6-8-19(9-7-18)22-14-15-23(24(26)17-22)20-10-12-21(13-11-20)25(27)28-16-4-2/h10-15,17-19H,3-9,16H2,1-2H3/t18-,19-. The van der Waals surface area contributed by atoms with Gasteiger partial charge in [-0.25, -0.2) is 9.18 Å². The first kappa shape index (κ1) is 20.6. The molecule has 150 valence electrons. The summed E-state index contributed by atoms with van der Waals surface area (Å²) < 4.78 is 20.0. The zero-order chi connectivity index (χ0) is 19.9. The molecule has 0 radical (unpaired) electrons. The number of hydrogen-bond acceptors (Lipinski definition) is 2. The van der Waals surface area contributed by atoms with Crippen molar-refractivity contribution in [2.75, 3.05) is 6.61 Å². The van der Waals surface area contributed by atoms with Crippen LogP contribution in [-0.2, 0) is 4.74 Å². The van der Waals surface area contributed by atoms with Crippen molar-refractivity contribution < 1.29 is 13.9 Å². The molecule has 1 saturated carbocycles. The van der Waals surface area contributed by atoms with E-state index in [1.54, 1.807) is 30.3 Å². The number of halogens is 1. The Labute approximate surface area is 168 Å². The summed E-state index contributed by atoms with van der Waals surface area (Å²) in [6.07, 6.45) is 8.22. The van der Waals surface area contributed by atoms with Crippen LogP contribution in [0.2, 0.25) is 0 Å². The predicted molar refractivity (Wildman–Crippen MR) is 112 cm³/mol. The number of carbonyl (C=O) groups is 1. The van der Waals surface area contributed by atoms with Gasteiger partial charge in [-0.2, -0.15) is 0 Å². The van der Waals surface area contributed by atoms with Gasteiger partial charge < -0.3 is 4.74 Å². The van der Waals surface area contributed by atoms with Crippen molar-refractivity contribution in [1.29, 1.82) is 0 Å². The topological polar surface area (TPSA) is 26.3 Å². The predicted octanol–water partition coefficient (Wildman–Crippen LogP) is 7.13. The Kier molecular flexibility index (Phi) is 7.24. The van der Waals surface area contributed by atoms with Gasteiger partial charge in [0, 0.05) is 5.56 Å². The lowest BCUT2D eigenvalue weighted by Gasteiger charge is -2.28. The lowest BCUT2D eigenvalue weighted by Crippen LogP contribution is -2.13. The molecule has 0 spiro atoms. The highest BCUT2D eigenvalue weighted by Gasteiger charge is 2.22. The summed E-state index contributed by atoms with van der Waals surface area (Å²) in [6.45, 7) is 4.62. The number of carbonyl (C=O) groups excluding carboxylic acids is 1. The van der Waals surface area contributed by atoms with E-state index in [-0.39, 0.29) is 11.8 Å². The average molecular weight is 383 g/mol. The van der Waals surface area contributed by atoms with Crippen LogP contribution in [0.25, 0.3) is 11.1 Å². The fourth-order valence-corrected chi connectivity index (χ4v) is 4.28. The Balaban J connectivity index is 1.68. The zero-order valence-corrected chi connectivity index (χ0v) is 17.0. The van der Waals surface area contributed by atoms with E-state index in [9.17, 15) is 9.18 Å². The minimum absolute atomic E-state index is 0.186. The molecule has 1 aliphatic rings. The largest absolute Gasteiger partial charge is 0.462 e. The maximum Gasteiger partial charge on any atom is 0.338 e. The van der Waals surface area contributed by atoms with Crippen LogP contribution in [-0.4, -0.2) is 12.6 Å². The molecule has 0 amide bonds. The van der Waals surface area contributed by atoms with Crippen LogP contribution >= 0.6 is 0 Å². The smallest absolute Gasteiger partial charge is 0.338 e. The molecule has 0 saturated heterocycles. The summed E-state index contributed by atoms with van der Waals surface area (Å²) >= 11 is 0. The van der Waals surface area contributed by atoms with Crippen molar-refractivity contribution in [3.8, 4) is 11.1 Å². The van der Waals surface area contributed by atoms with Crippen molar-refractivity contribution in [3.63, 3.8) is 0 Å². The van der Waals surface area contributed by atoms with E-state index in [2.05, 4.69) is 13.0 Å². The third-order valence-corrected chi connectivity index (χ3v) is 5.88. The molecule has 2 nitrogen and oxygen atoms in total. The van der Waals surface area contributed by atoms with E-state index in [1.807, 2.05) is 13.0 Å². The summed E-state index contributed by atoms with van der Waals surface area (Å²) in [7, 11) is 0. The molecule has 0 aliphatic heterocycles. The fraction of sp³-hybridized carbons (Fsp3) is 0.480. The Morgan fingerprint density at radius 1 is 1.00 bits per heavy atom. The minimum atomic E-state index is -0.331. The Bertz CT molecular complexity index is 774. The number of rotatable bonds is 7. The van der Waals surface area contributed by atoms with Gasteiger partial charge in [-0.05, 0) is 73.3 Å². The maximum atomic E-state index is 14.8. The zero-order valence-electron chi connectivity index (χ0n) is 17.0. The Hall–Kier alpha value is -2.16. The molecule has 0 unspecified atom stereocenters. The first-order chi connectivity index (χ1) is 13.6. The fourth-order valence-electron chi connectivity index (χ4n) is 4.28. The second-order valence-corrected chi connectivity index (χ2v) is 7.96. The van der Waals surface area contributed by atoms with Gasteiger partial charge >= 0.3 is 5.97 Å². The summed E-state index contributed by atoms with van der Waals surface area (Å²) in [4.78, 5) is 11.9. The molecule has 0 aromatic heterocycles. The normalized spacial score (nSPS) is 19.4. The average Bonchev–Trinajstić information content (AvgIpc) is 2.73. The van der Waals surface area contributed by atoms with Gasteiger partial charge in [-0.3, -0.25) is 0 Å². The van der Waals surface area contributed by atoms with Crippen LogP contribution in [0, 0.1) is 11.7 Å². The van der Waals surface area contributed by atoms with E-state index < -0.39 is 0 Å². The van der Waals surface area contributed by atoms with Crippen molar-refractivity contribution in [2.45, 2.75) is 64.7 Å². The maximum absolute atomic E-state index is 14.8. The number of ether oxygens (including phenoxy) is 1. The second-order valence-electron chi connectivity index (χ2n) is 7.96. The van der Waals surface area contributed by atoms with Crippen molar-refractivity contribution >= 4 is 5.97 Å². The highest BCUT2D eigenvalue weighted by atomic mass is 19.1. The van der Waals surface area contributed by atoms with Crippen molar-refractivity contribution in [2.24, 2.45) is 5.92 Å². The molecule has 3 heteroatoms. The Morgan fingerprint density at radius 2 is 1.71 bits per heavy atom. The molecule has 2 aromatic rings. The second kappa shape index (κ2) is 9.86. The highest BCUT2D eigenvalue weighted by molar-refractivity contribution is 5.90. The first-order valence-electron chi connectivity index (χ1n) is 10.7. The summed E-state index contributed by atoms with van der Waals surface area (Å²) in [5, 5.41) is 0.